The van der Waals surface area contributed by atoms with Crippen molar-refractivity contribution in [2.24, 2.45) is 0 Å². The summed E-state index contributed by atoms with van der Waals surface area (Å²) < 4.78 is 58.9. The van der Waals surface area contributed by atoms with E-state index in [1.807, 2.05) is 0 Å². The summed E-state index contributed by atoms with van der Waals surface area (Å²) in [7, 11) is 0. The summed E-state index contributed by atoms with van der Waals surface area (Å²) in [5.41, 5.74) is 1.46. The maximum absolute atomic E-state index is 14.0. The Hall–Kier alpha value is -2.34. The SMILES string of the molecule is FC1COCC[C@@H]1Nc1nc2c(SCC(F)(F)F)c(-c3cn[nH]c3)ccn2n1. The van der Waals surface area contributed by atoms with Crippen molar-refractivity contribution in [3.8, 4) is 11.1 Å². The first-order valence-corrected chi connectivity index (χ1v) is 9.46. The number of anilines is 1. The van der Waals surface area contributed by atoms with Crippen molar-refractivity contribution in [2.45, 2.75) is 29.7 Å². The van der Waals surface area contributed by atoms with Crippen LogP contribution in [0.5, 0.6) is 0 Å². The molecule has 4 rings (SSSR count). The van der Waals surface area contributed by atoms with Gasteiger partial charge in [-0.05, 0) is 12.5 Å². The van der Waals surface area contributed by atoms with Gasteiger partial charge in [0.05, 0.1) is 29.5 Å². The van der Waals surface area contributed by atoms with E-state index in [9.17, 15) is 17.6 Å². The summed E-state index contributed by atoms with van der Waals surface area (Å²) in [6.45, 7) is 0.408. The maximum Gasteiger partial charge on any atom is 0.398 e. The number of H-pyrrole nitrogens is 1. The molecule has 0 bridgehead atoms. The number of aromatic nitrogens is 5. The molecule has 0 amide bonds. The molecule has 150 valence electrons. The largest absolute Gasteiger partial charge is 0.398 e. The van der Waals surface area contributed by atoms with E-state index >= 15 is 0 Å². The zero-order valence-electron chi connectivity index (χ0n) is 14.4. The highest BCUT2D eigenvalue weighted by Crippen LogP contribution is 2.37. The molecular weight excluding hydrogens is 400 g/mol. The number of fused-ring (bicyclic) bond motifs is 1. The monoisotopic (exact) mass is 416 g/mol. The molecule has 0 spiro atoms. The minimum atomic E-state index is -4.34. The van der Waals surface area contributed by atoms with Crippen molar-refractivity contribution >= 4 is 23.4 Å². The van der Waals surface area contributed by atoms with Crippen molar-refractivity contribution < 1.29 is 22.3 Å². The smallest absolute Gasteiger partial charge is 0.378 e. The molecule has 3 aromatic heterocycles. The number of pyridine rings is 1. The van der Waals surface area contributed by atoms with E-state index in [4.69, 9.17) is 4.74 Å². The lowest BCUT2D eigenvalue weighted by molar-refractivity contribution is -0.105. The summed E-state index contributed by atoms with van der Waals surface area (Å²) in [5, 5.41) is 13.7. The fraction of sp³-hybridized carbons (Fsp3) is 0.438. The second kappa shape index (κ2) is 7.59. The Bertz CT molecular complexity index is 945. The van der Waals surface area contributed by atoms with Crippen LogP contribution in [0.1, 0.15) is 6.42 Å². The highest BCUT2D eigenvalue weighted by Gasteiger charge is 2.30. The number of ether oxygens (including phenoxy) is 1. The molecule has 0 saturated carbocycles. The standard InChI is InChI=1S/C16H16F4N6OS/c17-11-7-27-4-2-12(11)23-15-24-14-13(28-8-16(18,19)20)10(1-3-26(14)25-15)9-5-21-22-6-9/h1,3,5-6,11-12H,2,4,7-8H2,(H,21,22)(H,23,25)/t11?,12-/m0/s1. The van der Waals surface area contributed by atoms with Crippen molar-refractivity contribution in [3.63, 3.8) is 0 Å². The van der Waals surface area contributed by atoms with Crippen LogP contribution in [0.25, 0.3) is 16.8 Å². The van der Waals surface area contributed by atoms with Crippen LogP contribution < -0.4 is 5.32 Å². The second-order valence-electron chi connectivity index (χ2n) is 6.28. The van der Waals surface area contributed by atoms with Gasteiger partial charge in [0.1, 0.15) is 6.17 Å². The maximum atomic E-state index is 14.0. The molecule has 0 aliphatic carbocycles. The molecule has 1 aliphatic rings. The van der Waals surface area contributed by atoms with Gasteiger partial charge < -0.3 is 10.1 Å². The summed E-state index contributed by atoms with van der Waals surface area (Å²) in [4.78, 5) is 4.65. The molecule has 1 fully saturated rings. The summed E-state index contributed by atoms with van der Waals surface area (Å²) in [6, 6.07) is 1.15. The molecule has 1 saturated heterocycles. The zero-order chi connectivity index (χ0) is 19.7. The van der Waals surface area contributed by atoms with Gasteiger partial charge in [0.25, 0.3) is 0 Å². The van der Waals surface area contributed by atoms with Gasteiger partial charge in [-0.1, -0.05) is 0 Å². The van der Waals surface area contributed by atoms with E-state index < -0.39 is 24.1 Å². The van der Waals surface area contributed by atoms with Gasteiger partial charge in [-0.15, -0.1) is 16.9 Å². The normalized spacial score (nSPS) is 20.6. The Kier molecular flexibility index (Phi) is 5.15. The third-order valence-corrected chi connectivity index (χ3v) is 5.41. The lowest BCUT2D eigenvalue weighted by Crippen LogP contribution is -2.39. The molecule has 1 aliphatic heterocycles. The molecule has 4 heterocycles. The van der Waals surface area contributed by atoms with Gasteiger partial charge in [-0.2, -0.15) is 23.3 Å². The highest BCUT2D eigenvalue weighted by molar-refractivity contribution is 7.99. The van der Waals surface area contributed by atoms with Crippen LogP contribution >= 0.6 is 11.8 Å². The molecule has 28 heavy (non-hydrogen) atoms. The summed E-state index contributed by atoms with van der Waals surface area (Å²) >= 11 is 0.630. The number of alkyl halides is 4. The van der Waals surface area contributed by atoms with E-state index in [-0.39, 0.29) is 18.2 Å². The van der Waals surface area contributed by atoms with Gasteiger partial charge in [0, 0.05) is 30.1 Å². The van der Waals surface area contributed by atoms with Crippen LogP contribution in [0, 0.1) is 0 Å². The van der Waals surface area contributed by atoms with Gasteiger partial charge in [0.2, 0.25) is 5.95 Å². The average molecular weight is 416 g/mol. The van der Waals surface area contributed by atoms with Crippen LogP contribution in [-0.2, 0) is 4.74 Å². The first kappa shape index (κ1) is 19.0. The average Bonchev–Trinajstić information content (AvgIpc) is 3.30. The zero-order valence-corrected chi connectivity index (χ0v) is 15.2. The van der Waals surface area contributed by atoms with Crippen LogP contribution in [0.3, 0.4) is 0 Å². The van der Waals surface area contributed by atoms with E-state index in [1.54, 1.807) is 18.5 Å². The van der Waals surface area contributed by atoms with Crippen LogP contribution in [-0.4, -0.2) is 62.2 Å². The molecule has 2 atom stereocenters. The minimum Gasteiger partial charge on any atom is -0.378 e. The number of thioether (sulfide) groups is 1. The predicted molar refractivity (Wildman–Crippen MR) is 95.1 cm³/mol. The number of hydrogen-bond donors (Lipinski definition) is 2. The van der Waals surface area contributed by atoms with E-state index in [0.717, 1.165) is 0 Å². The molecular formula is C16H16F4N6OS. The second-order valence-corrected chi connectivity index (χ2v) is 7.27. The number of aromatic amines is 1. The highest BCUT2D eigenvalue weighted by atomic mass is 32.2. The Morgan fingerprint density at radius 3 is 2.96 bits per heavy atom. The minimum absolute atomic E-state index is 0.0115. The number of nitrogens with one attached hydrogen (secondary N) is 2. The van der Waals surface area contributed by atoms with Crippen molar-refractivity contribution in [1.82, 2.24) is 24.8 Å². The van der Waals surface area contributed by atoms with E-state index in [2.05, 4.69) is 25.6 Å². The fourth-order valence-electron chi connectivity index (χ4n) is 2.94. The van der Waals surface area contributed by atoms with Crippen molar-refractivity contribution in [1.29, 1.82) is 0 Å². The molecule has 0 radical (unpaired) electrons. The molecule has 2 N–H and O–H groups in total. The molecule has 12 heteroatoms. The number of nitrogens with zero attached hydrogens (tertiary/aromatic N) is 4. The van der Waals surface area contributed by atoms with Crippen molar-refractivity contribution in [3.05, 3.63) is 24.7 Å². The Morgan fingerprint density at radius 2 is 2.25 bits per heavy atom. The lowest BCUT2D eigenvalue weighted by atomic mass is 10.1. The fourth-order valence-corrected chi connectivity index (χ4v) is 3.86. The van der Waals surface area contributed by atoms with Crippen LogP contribution in [0.15, 0.2) is 29.6 Å². The van der Waals surface area contributed by atoms with E-state index in [1.165, 1.54) is 10.7 Å². The number of rotatable bonds is 5. The third kappa shape index (κ3) is 4.07. The van der Waals surface area contributed by atoms with Crippen LogP contribution in [0.2, 0.25) is 0 Å². The first-order chi connectivity index (χ1) is 13.4. The third-order valence-electron chi connectivity index (χ3n) is 4.25. The Labute approximate surface area is 160 Å². The Morgan fingerprint density at radius 1 is 1.39 bits per heavy atom. The van der Waals surface area contributed by atoms with E-state index in [0.29, 0.717) is 40.8 Å². The summed E-state index contributed by atoms with van der Waals surface area (Å²) in [5.74, 6) is -0.910. The van der Waals surface area contributed by atoms with Gasteiger partial charge >= 0.3 is 6.18 Å². The quantitative estimate of drug-likeness (QED) is 0.491. The molecule has 0 aromatic carbocycles. The summed E-state index contributed by atoms with van der Waals surface area (Å²) in [6.07, 6.45) is -0.378. The predicted octanol–water partition coefficient (Wildman–Crippen LogP) is 3.31. The van der Waals surface area contributed by atoms with Crippen molar-refractivity contribution in [2.75, 3.05) is 24.3 Å². The molecule has 7 nitrogen and oxygen atoms in total. The topological polar surface area (TPSA) is 80.1 Å². The number of halogens is 4. The molecule has 1 unspecified atom stereocenters. The van der Waals surface area contributed by atoms with Gasteiger partial charge in [-0.25, -0.2) is 8.91 Å². The molecule has 3 aromatic rings. The van der Waals surface area contributed by atoms with Gasteiger partial charge in [-0.3, -0.25) is 5.10 Å². The Balaban J connectivity index is 1.70. The van der Waals surface area contributed by atoms with Gasteiger partial charge in [0.15, 0.2) is 5.65 Å². The van der Waals surface area contributed by atoms with Crippen LogP contribution in [0.4, 0.5) is 23.5 Å². The number of hydrogen-bond acceptors (Lipinski definition) is 6. The first-order valence-electron chi connectivity index (χ1n) is 8.47. The lowest BCUT2D eigenvalue weighted by Gasteiger charge is -2.26.